The van der Waals surface area contributed by atoms with Crippen LogP contribution < -0.4 is 0 Å². The summed E-state index contributed by atoms with van der Waals surface area (Å²) in [5, 5.41) is 10.8. The van der Waals surface area contributed by atoms with Gasteiger partial charge in [-0.1, -0.05) is 45.0 Å². The van der Waals surface area contributed by atoms with E-state index < -0.39 is 23.9 Å². The Morgan fingerprint density at radius 2 is 1.77 bits per heavy atom. The van der Waals surface area contributed by atoms with Crippen LogP contribution in [0, 0.1) is 5.92 Å². The predicted octanol–water partition coefficient (Wildman–Crippen LogP) is 3.85. The molecule has 0 aliphatic heterocycles. The molecule has 22 heavy (non-hydrogen) atoms. The average Bonchev–Trinajstić information content (AvgIpc) is 2.47. The second kappa shape index (κ2) is 7.68. The number of esters is 1. The Bertz CT molecular complexity index is 485. The van der Waals surface area contributed by atoms with E-state index >= 15 is 0 Å². The van der Waals surface area contributed by atoms with Crippen LogP contribution in [0.4, 0.5) is 8.78 Å². The highest BCUT2D eigenvalue weighted by molar-refractivity contribution is 5.74. The Balaban J connectivity index is 3.24. The maximum atomic E-state index is 13.4. The van der Waals surface area contributed by atoms with Crippen LogP contribution in [-0.4, -0.2) is 24.1 Å². The molecule has 1 N–H and O–H groups in total. The zero-order valence-electron chi connectivity index (χ0n) is 13.5. The highest BCUT2D eigenvalue weighted by atomic mass is 19.3. The summed E-state index contributed by atoms with van der Waals surface area (Å²) in [5.74, 6) is -2.68. The van der Waals surface area contributed by atoms with Crippen LogP contribution in [0.25, 0.3) is 0 Å². The van der Waals surface area contributed by atoms with E-state index in [4.69, 9.17) is 4.74 Å². The molecule has 5 heteroatoms. The van der Waals surface area contributed by atoms with Gasteiger partial charge in [0.15, 0.2) is 5.92 Å². The largest absolute Gasteiger partial charge is 0.466 e. The lowest BCUT2D eigenvalue weighted by Gasteiger charge is -2.34. The van der Waals surface area contributed by atoms with Gasteiger partial charge in [0.25, 0.3) is 6.43 Å². The third-order valence-corrected chi connectivity index (χ3v) is 3.92. The number of ether oxygens (including phenoxy) is 1. The van der Waals surface area contributed by atoms with E-state index in [0.29, 0.717) is 11.5 Å². The second-order valence-electron chi connectivity index (χ2n) is 5.62. The summed E-state index contributed by atoms with van der Waals surface area (Å²) in [5.41, 5.74) is -0.611. The lowest BCUT2D eigenvalue weighted by molar-refractivity contribution is -0.172. The minimum absolute atomic E-state index is 0.00582. The summed E-state index contributed by atoms with van der Waals surface area (Å²) < 4.78 is 31.5. The molecule has 0 aliphatic rings. The van der Waals surface area contributed by atoms with Gasteiger partial charge < -0.3 is 9.84 Å². The maximum absolute atomic E-state index is 13.4. The first kappa shape index (κ1) is 18.6. The normalized spacial score (nSPS) is 15.7. The van der Waals surface area contributed by atoms with Crippen LogP contribution in [0.2, 0.25) is 0 Å². The van der Waals surface area contributed by atoms with Gasteiger partial charge in [0.1, 0.15) is 5.60 Å². The summed E-state index contributed by atoms with van der Waals surface area (Å²) >= 11 is 0. The lowest BCUT2D eigenvalue weighted by atomic mass is 9.78. The van der Waals surface area contributed by atoms with Crippen molar-refractivity contribution in [3.8, 4) is 0 Å². The molecule has 0 saturated heterocycles. The molecule has 2 atom stereocenters. The molecule has 0 aromatic heterocycles. The zero-order valence-corrected chi connectivity index (χ0v) is 13.5. The lowest BCUT2D eigenvalue weighted by Crippen LogP contribution is -2.44. The quantitative estimate of drug-likeness (QED) is 0.778. The fraction of sp³-hybridized carbons (Fsp3) is 0.588. The molecule has 1 aromatic rings. The molecule has 3 nitrogen and oxygen atoms in total. The number of benzene rings is 1. The summed E-state index contributed by atoms with van der Waals surface area (Å²) in [6, 6.07) is 6.78. The van der Waals surface area contributed by atoms with Crippen LogP contribution in [0.1, 0.15) is 51.2 Å². The van der Waals surface area contributed by atoms with E-state index in [-0.39, 0.29) is 13.0 Å². The van der Waals surface area contributed by atoms with E-state index in [0.717, 1.165) is 5.56 Å². The first-order valence-corrected chi connectivity index (χ1v) is 7.55. The molecule has 0 heterocycles. The summed E-state index contributed by atoms with van der Waals surface area (Å²) in [7, 11) is 0. The van der Waals surface area contributed by atoms with Gasteiger partial charge in [0.2, 0.25) is 0 Å². The predicted molar refractivity (Wildman–Crippen MR) is 80.8 cm³/mol. The van der Waals surface area contributed by atoms with Gasteiger partial charge in [0, 0.05) is 0 Å². The smallest absolute Gasteiger partial charge is 0.318 e. The molecule has 1 aromatic carbocycles. The van der Waals surface area contributed by atoms with E-state index in [1.165, 1.54) is 0 Å². The van der Waals surface area contributed by atoms with Crippen molar-refractivity contribution in [2.24, 2.45) is 5.92 Å². The van der Waals surface area contributed by atoms with Crippen LogP contribution in [0.5, 0.6) is 0 Å². The number of halogens is 2. The number of rotatable bonds is 7. The molecule has 124 valence electrons. The number of hydrogen-bond donors (Lipinski definition) is 1. The summed E-state index contributed by atoms with van der Waals surface area (Å²) in [4.78, 5) is 11.9. The van der Waals surface area contributed by atoms with Gasteiger partial charge in [-0.05, 0) is 30.4 Å². The van der Waals surface area contributed by atoms with Crippen molar-refractivity contribution < 1.29 is 23.4 Å². The third-order valence-electron chi connectivity index (χ3n) is 3.92. The molecule has 0 aliphatic carbocycles. The van der Waals surface area contributed by atoms with E-state index in [9.17, 15) is 18.7 Å². The standard InChI is InChI=1S/C17H24F2O3/c1-5-17(21,14(15(18)19)16(20)22-6-2)13-9-7-12(8-10-13)11(3)4/h7-11,14-15,21H,5-6H2,1-4H3. The van der Waals surface area contributed by atoms with Crippen molar-refractivity contribution in [3.05, 3.63) is 35.4 Å². The number of aliphatic hydroxyl groups is 1. The van der Waals surface area contributed by atoms with E-state index in [1.54, 1.807) is 38.1 Å². The Kier molecular flexibility index (Phi) is 6.48. The SMILES string of the molecule is CCOC(=O)C(C(F)F)C(O)(CC)c1ccc(C(C)C)cc1. The fourth-order valence-corrected chi connectivity index (χ4v) is 2.50. The van der Waals surface area contributed by atoms with Crippen molar-refractivity contribution in [1.82, 2.24) is 0 Å². The molecular formula is C17H24F2O3. The van der Waals surface area contributed by atoms with Gasteiger partial charge >= 0.3 is 5.97 Å². The molecular weight excluding hydrogens is 290 g/mol. The van der Waals surface area contributed by atoms with Crippen molar-refractivity contribution in [2.45, 2.75) is 52.1 Å². The second-order valence-corrected chi connectivity index (χ2v) is 5.62. The first-order valence-electron chi connectivity index (χ1n) is 7.55. The number of hydrogen-bond acceptors (Lipinski definition) is 3. The Morgan fingerprint density at radius 3 is 2.14 bits per heavy atom. The fourth-order valence-electron chi connectivity index (χ4n) is 2.50. The van der Waals surface area contributed by atoms with Crippen molar-refractivity contribution >= 4 is 5.97 Å². The molecule has 0 amide bonds. The monoisotopic (exact) mass is 314 g/mol. The Morgan fingerprint density at radius 1 is 1.23 bits per heavy atom. The minimum atomic E-state index is -3.01. The van der Waals surface area contributed by atoms with Gasteiger partial charge in [-0.15, -0.1) is 0 Å². The number of carbonyl (C=O) groups is 1. The molecule has 1 rings (SSSR count). The van der Waals surface area contributed by atoms with Crippen molar-refractivity contribution in [2.75, 3.05) is 6.61 Å². The molecule has 0 spiro atoms. The van der Waals surface area contributed by atoms with Crippen LogP contribution in [0.3, 0.4) is 0 Å². The third kappa shape index (κ3) is 3.83. The Hall–Kier alpha value is -1.49. The van der Waals surface area contributed by atoms with Gasteiger partial charge in [-0.2, -0.15) is 0 Å². The van der Waals surface area contributed by atoms with Crippen LogP contribution >= 0.6 is 0 Å². The molecule has 0 fully saturated rings. The molecule has 0 saturated carbocycles. The summed E-state index contributed by atoms with van der Waals surface area (Å²) in [6.45, 7) is 7.14. The molecule has 0 bridgehead atoms. The maximum Gasteiger partial charge on any atom is 0.318 e. The topological polar surface area (TPSA) is 46.5 Å². The highest BCUT2D eigenvalue weighted by Gasteiger charge is 2.48. The van der Waals surface area contributed by atoms with Gasteiger partial charge in [-0.25, -0.2) is 8.78 Å². The van der Waals surface area contributed by atoms with Gasteiger partial charge in [-0.3, -0.25) is 4.79 Å². The van der Waals surface area contributed by atoms with E-state index in [1.807, 2.05) is 13.8 Å². The molecule has 0 radical (unpaired) electrons. The van der Waals surface area contributed by atoms with Crippen molar-refractivity contribution in [3.63, 3.8) is 0 Å². The minimum Gasteiger partial charge on any atom is -0.466 e. The van der Waals surface area contributed by atoms with Crippen LogP contribution in [-0.2, 0) is 15.1 Å². The summed E-state index contributed by atoms with van der Waals surface area (Å²) in [6.07, 6.45) is -3.02. The molecule has 2 unspecified atom stereocenters. The Labute approximate surface area is 130 Å². The highest BCUT2D eigenvalue weighted by Crippen LogP contribution is 2.38. The van der Waals surface area contributed by atoms with Gasteiger partial charge in [0.05, 0.1) is 6.61 Å². The van der Waals surface area contributed by atoms with Crippen molar-refractivity contribution in [1.29, 1.82) is 0 Å². The number of alkyl halides is 2. The first-order chi connectivity index (χ1) is 10.3. The van der Waals surface area contributed by atoms with E-state index in [2.05, 4.69) is 0 Å². The average molecular weight is 314 g/mol. The zero-order chi connectivity index (χ0) is 16.9. The van der Waals surface area contributed by atoms with Crippen LogP contribution in [0.15, 0.2) is 24.3 Å². The number of carbonyl (C=O) groups excluding carboxylic acids is 1.